The summed E-state index contributed by atoms with van der Waals surface area (Å²) in [5, 5.41) is 0. The highest BCUT2D eigenvalue weighted by molar-refractivity contribution is 6.07. The zero-order valence-corrected chi connectivity index (χ0v) is 13.7. The Morgan fingerprint density at radius 2 is 1.76 bits per heavy atom. The smallest absolute Gasteiger partial charge is 0.232 e. The Kier molecular flexibility index (Phi) is 3.96. The van der Waals surface area contributed by atoms with Crippen LogP contribution in [0.1, 0.15) is 37.2 Å². The van der Waals surface area contributed by atoms with E-state index in [-0.39, 0.29) is 29.8 Å². The van der Waals surface area contributed by atoms with Crippen molar-refractivity contribution < 1.29 is 14.0 Å². The average Bonchev–Trinajstić information content (AvgIpc) is 2.62. The lowest BCUT2D eigenvalue weighted by Crippen LogP contribution is -2.40. The number of benzene rings is 2. The largest absolute Gasteiger partial charge is 0.294 e. The predicted molar refractivity (Wildman–Crippen MR) is 93.6 cm³/mol. The summed E-state index contributed by atoms with van der Waals surface area (Å²) in [6, 6.07) is 15.7. The summed E-state index contributed by atoms with van der Waals surface area (Å²) >= 11 is 0. The second kappa shape index (κ2) is 6.28. The Hall–Kier alpha value is -2.75. The second-order valence-corrected chi connectivity index (χ2v) is 6.51. The van der Waals surface area contributed by atoms with Crippen molar-refractivity contribution in [2.75, 3.05) is 4.90 Å². The van der Waals surface area contributed by atoms with E-state index in [4.69, 9.17) is 0 Å². The van der Waals surface area contributed by atoms with Crippen molar-refractivity contribution in [1.29, 1.82) is 0 Å². The van der Waals surface area contributed by atoms with Crippen molar-refractivity contribution in [2.24, 2.45) is 0 Å². The Bertz CT molecular complexity index is 872. The van der Waals surface area contributed by atoms with Crippen molar-refractivity contribution in [3.63, 3.8) is 0 Å². The summed E-state index contributed by atoms with van der Waals surface area (Å²) in [7, 11) is 0. The molecule has 0 aromatic heterocycles. The number of amides is 1. The van der Waals surface area contributed by atoms with E-state index in [1.165, 1.54) is 12.1 Å². The maximum atomic E-state index is 13.7. The highest BCUT2D eigenvalue weighted by Crippen LogP contribution is 2.43. The number of nitrogens with zero attached hydrogens (tertiary/aromatic N) is 1. The monoisotopic (exact) mass is 335 g/mol. The number of ketones is 1. The minimum absolute atomic E-state index is 0.0899. The number of hydrogen-bond donors (Lipinski definition) is 0. The molecule has 126 valence electrons. The molecular weight excluding hydrogens is 317 g/mol. The number of halogens is 1. The van der Waals surface area contributed by atoms with Gasteiger partial charge in [-0.15, -0.1) is 0 Å². The van der Waals surface area contributed by atoms with Crippen LogP contribution in [-0.2, 0) is 9.59 Å². The van der Waals surface area contributed by atoms with E-state index < -0.39 is 0 Å². The van der Waals surface area contributed by atoms with E-state index in [1.807, 2.05) is 30.3 Å². The van der Waals surface area contributed by atoms with Crippen LogP contribution < -0.4 is 4.90 Å². The van der Waals surface area contributed by atoms with Crippen LogP contribution in [0.25, 0.3) is 0 Å². The number of carbonyl (C=O) groups is 2. The van der Waals surface area contributed by atoms with Gasteiger partial charge in [-0.2, -0.15) is 0 Å². The lowest BCUT2D eigenvalue weighted by atomic mass is 9.77. The molecule has 4 heteroatoms. The Balaban J connectivity index is 1.87. The molecule has 0 radical (unpaired) electrons. The van der Waals surface area contributed by atoms with E-state index in [1.54, 1.807) is 17.0 Å². The zero-order chi connectivity index (χ0) is 17.4. The molecule has 0 spiro atoms. The molecule has 0 saturated heterocycles. The van der Waals surface area contributed by atoms with Gasteiger partial charge in [-0.1, -0.05) is 36.4 Å². The van der Waals surface area contributed by atoms with Crippen LogP contribution in [0, 0.1) is 5.82 Å². The molecule has 0 bridgehead atoms. The lowest BCUT2D eigenvalue weighted by molar-refractivity contribution is -0.119. The number of allylic oxidation sites excluding steroid dienone is 2. The van der Waals surface area contributed by atoms with E-state index in [9.17, 15) is 14.0 Å². The highest BCUT2D eigenvalue weighted by atomic mass is 19.1. The number of rotatable bonds is 2. The van der Waals surface area contributed by atoms with Gasteiger partial charge in [-0.25, -0.2) is 4.39 Å². The Morgan fingerprint density at radius 1 is 0.960 bits per heavy atom. The van der Waals surface area contributed by atoms with Crippen LogP contribution in [0.3, 0.4) is 0 Å². The fourth-order valence-corrected chi connectivity index (χ4v) is 3.88. The summed E-state index contributed by atoms with van der Waals surface area (Å²) in [5.74, 6) is -0.585. The van der Waals surface area contributed by atoms with E-state index in [0.717, 1.165) is 23.3 Å². The maximum Gasteiger partial charge on any atom is 0.232 e. The molecule has 0 N–H and O–H groups in total. The fourth-order valence-electron chi connectivity index (χ4n) is 3.88. The van der Waals surface area contributed by atoms with E-state index >= 15 is 0 Å². The molecule has 0 fully saturated rings. The van der Waals surface area contributed by atoms with Crippen molar-refractivity contribution >= 4 is 17.4 Å². The minimum Gasteiger partial charge on any atom is -0.294 e. The van der Waals surface area contributed by atoms with Gasteiger partial charge < -0.3 is 0 Å². The van der Waals surface area contributed by atoms with Crippen molar-refractivity contribution in [3.05, 3.63) is 77.2 Å². The van der Waals surface area contributed by atoms with Crippen LogP contribution in [0.2, 0.25) is 0 Å². The van der Waals surface area contributed by atoms with Crippen molar-refractivity contribution in [1.82, 2.24) is 0 Å². The quantitative estimate of drug-likeness (QED) is 0.818. The third kappa shape index (κ3) is 2.78. The Morgan fingerprint density at radius 3 is 2.52 bits per heavy atom. The summed E-state index contributed by atoms with van der Waals surface area (Å²) in [6.07, 6.45) is 2.11. The van der Waals surface area contributed by atoms with Gasteiger partial charge in [0.2, 0.25) is 5.91 Å². The Labute approximate surface area is 145 Å². The molecule has 2 aromatic carbocycles. The van der Waals surface area contributed by atoms with Crippen molar-refractivity contribution in [2.45, 2.75) is 31.6 Å². The molecule has 1 amide bonds. The predicted octanol–water partition coefficient (Wildman–Crippen LogP) is 4.35. The number of anilines is 1. The summed E-state index contributed by atoms with van der Waals surface area (Å²) in [4.78, 5) is 27.2. The first-order valence-corrected chi connectivity index (χ1v) is 8.55. The molecule has 2 aliphatic rings. The minimum atomic E-state index is -0.389. The standard InChI is InChI=1S/C21H18FNO2/c22-15-8-4-9-16(12-15)23-18-10-5-11-19(24)21(18)17(13-20(23)25)14-6-2-1-3-7-14/h1-4,6-9,12,17H,5,10-11,13H2. The molecule has 2 aromatic rings. The van der Waals surface area contributed by atoms with Gasteiger partial charge in [-0.3, -0.25) is 14.5 Å². The van der Waals surface area contributed by atoms with Crippen LogP contribution in [0.4, 0.5) is 10.1 Å². The molecule has 1 heterocycles. The van der Waals surface area contributed by atoms with Gasteiger partial charge >= 0.3 is 0 Å². The maximum absolute atomic E-state index is 13.7. The molecule has 4 rings (SSSR count). The number of Topliss-reactive ketones (excluding diaryl/α,β-unsaturated/α-hetero) is 1. The van der Waals surface area contributed by atoms with Crippen LogP contribution in [0.5, 0.6) is 0 Å². The number of hydrogen-bond acceptors (Lipinski definition) is 2. The molecular formula is C21H18FNO2. The highest BCUT2D eigenvalue weighted by Gasteiger charge is 2.39. The van der Waals surface area contributed by atoms with Gasteiger partial charge in [0.25, 0.3) is 0 Å². The summed E-state index contributed by atoms with van der Waals surface area (Å²) < 4.78 is 13.7. The average molecular weight is 335 g/mol. The molecule has 1 aliphatic carbocycles. The number of carbonyl (C=O) groups excluding carboxylic acids is 2. The summed E-state index contributed by atoms with van der Waals surface area (Å²) in [6.45, 7) is 0. The normalized spacial score (nSPS) is 20.7. The first-order chi connectivity index (χ1) is 12.1. The first kappa shape index (κ1) is 15.8. The molecule has 1 aliphatic heterocycles. The van der Waals surface area contributed by atoms with Gasteiger partial charge in [0.05, 0.1) is 5.69 Å². The van der Waals surface area contributed by atoms with Crippen molar-refractivity contribution in [3.8, 4) is 0 Å². The third-order valence-electron chi connectivity index (χ3n) is 4.94. The molecule has 1 unspecified atom stereocenters. The zero-order valence-electron chi connectivity index (χ0n) is 13.7. The third-order valence-corrected chi connectivity index (χ3v) is 4.94. The SMILES string of the molecule is O=C1CCCC2=C1C(c1ccccc1)CC(=O)N2c1cccc(F)c1. The van der Waals surface area contributed by atoms with Gasteiger partial charge in [-0.05, 0) is 36.6 Å². The molecule has 1 atom stereocenters. The summed E-state index contributed by atoms with van der Waals surface area (Å²) in [5.41, 5.74) is 2.95. The lowest BCUT2D eigenvalue weighted by Gasteiger charge is -2.38. The molecule has 3 nitrogen and oxygen atoms in total. The topological polar surface area (TPSA) is 37.4 Å². The fraction of sp³-hybridized carbons (Fsp3) is 0.238. The van der Waals surface area contributed by atoms with Crippen LogP contribution in [0.15, 0.2) is 65.9 Å². The second-order valence-electron chi connectivity index (χ2n) is 6.51. The van der Waals surface area contributed by atoms with Gasteiger partial charge in [0.1, 0.15) is 5.82 Å². The van der Waals surface area contributed by atoms with Gasteiger partial charge in [0.15, 0.2) is 5.78 Å². The van der Waals surface area contributed by atoms with Gasteiger partial charge in [0, 0.05) is 30.0 Å². The molecule has 25 heavy (non-hydrogen) atoms. The van der Waals surface area contributed by atoms with E-state index in [2.05, 4.69) is 0 Å². The first-order valence-electron chi connectivity index (χ1n) is 8.55. The van der Waals surface area contributed by atoms with E-state index in [0.29, 0.717) is 18.5 Å². The van der Waals surface area contributed by atoms with Crippen LogP contribution in [-0.4, -0.2) is 11.7 Å². The molecule has 0 saturated carbocycles. The van der Waals surface area contributed by atoms with Crippen LogP contribution >= 0.6 is 0 Å².